The Balaban J connectivity index is 2.71. The first-order chi connectivity index (χ1) is 8.61. The lowest BCUT2D eigenvalue weighted by atomic mass is 10.2. The average molecular weight is 332 g/mol. The number of rotatable bonds is 4. The summed E-state index contributed by atoms with van der Waals surface area (Å²) in [6, 6.07) is 3.77. The van der Waals surface area contributed by atoms with Gasteiger partial charge in [0.1, 0.15) is 5.75 Å². The molecule has 0 saturated heterocycles. The van der Waals surface area contributed by atoms with E-state index < -0.39 is 0 Å². The minimum atomic E-state index is 0.740. The summed E-state index contributed by atoms with van der Waals surface area (Å²) in [5, 5.41) is 4.92. The molecule has 0 bridgehead atoms. The lowest BCUT2D eigenvalue weighted by molar-refractivity contribution is 0.417. The van der Waals surface area contributed by atoms with Crippen molar-refractivity contribution < 1.29 is 4.74 Å². The van der Waals surface area contributed by atoms with Crippen LogP contribution in [0.15, 0.2) is 16.6 Å². The van der Waals surface area contributed by atoms with Crippen molar-refractivity contribution in [2.45, 2.75) is 6.42 Å². The van der Waals surface area contributed by atoms with Gasteiger partial charge in [-0.1, -0.05) is 11.6 Å². The Kier molecular flexibility index (Phi) is 4.20. The van der Waals surface area contributed by atoms with E-state index in [2.05, 4.69) is 25.8 Å². The summed E-state index contributed by atoms with van der Waals surface area (Å²) >= 11 is 9.95. The van der Waals surface area contributed by atoms with Gasteiger partial charge in [0.25, 0.3) is 0 Å². The Labute approximate surface area is 120 Å². The fourth-order valence-corrected chi connectivity index (χ4v) is 3.43. The van der Waals surface area contributed by atoms with Crippen LogP contribution in [0.3, 0.4) is 0 Å². The summed E-state index contributed by atoms with van der Waals surface area (Å²) in [4.78, 5) is 0. The van der Waals surface area contributed by atoms with Gasteiger partial charge >= 0.3 is 0 Å². The van der Waals surface area contributed by atoms with Gasteiger partial charge < -0.3 is 14.6 Å². The molecule has 2 aromatic rings. The standard InChI is InChI=1S/C13H16BrClN2O/c1-16-7-6-9-12(14)11-8(15)4-5-10(18-3)13(11)17(9)2/h4-5,16H,6-7H2,1-3H3. The molecule has 1 N–H and O–H groups in total. The van der Waals surface area contributed by atoms with E-state index in [4.69, 9.17) is 16.3 Å². The number of aryl methyl sites for hydroxylation is 1. The number of hydrogen-bond acceptors (Lipinski definition) is 2. The second kappa shape index (κ2) is 5.51. The van der Waals surface area contributed by atoms with E-state index in [1.807, 2.05) is 26.2 Å². The Bertz CT molecular complexity index is 580. The van der Waals surface area contributed by atoms with Gasteiger partial charge in [0.15, 0.2) is 0 Å². The van der Waals surface area contributed by atoms with Gasteiger partial charge in [0.2, 0.25) is 0 Å². The lowest BCUT2D eigenvalue weighted by Gasteiger charge is -2.07. The summed E-state index contributed by atoms with van der Waals surface area (Å²) in [5.74, 6) is 0.841. The van der Waals surface area contributed by atoms with E-state index in [-0.39, 0.29) is 0 Å². The number of nitrogens with zero attached hydrogens (tertiary/aromatic N) is 1. The van der Waals surface area contributed by atoms with Crippen molar-refractivity contribution in [1.82, 2.24) is 9.88 Å². The van der Waals surface area contributed by atoms with Gasteiger partial charge in [-0.05, 0) is 35.1 Å². The zero-order chi connectivity index (χ0) is 13.3. The maximum absolute atomic E-state index is 6.30. The van der Waals surface area contributed by atoms with Crippen molar-refractivity contribution in [3.8, 4) is 5.75 Å². The van der Waals surface area contributed by atoms with Gasteiger partial charge in [-0.2, -0.15) is 0 Å². The topological polar surface area (TPSA) is 26.2 Å². The molecule has 1 aromatic carbocycles. The molecule has 2 rings (SSSR count). The third kappa shape index (κ3) is 2.13. The van der Waals surface area contributed by atoms with Crippen LogP contribution in [-0.2, 0) is 13.5 Å². The Morgan fingerprint density at radius 1 is 1.44 bits per heavy atom. The molecule has 0 amide bonds. The van der Waals surface area contributed by atoms with Crippen molar-refractivity contribution in [3.05, 3.63) is 27.3 Å². The third-order valence-corrected chi connectivity index (χ3v) is 4.30. The molecule has 0 spiro atoms. The predicted octanol–water partition coefficient (Wildman–Crippen LogP) is 3.36. The first-order valence-corrected chi connectivity index (χ1v) is 6.92. The van der Waals surface area contributed by atoms with E-state index in [9.17, 15) is 0 Å². The number of likely N-dealkylation sites (N-methyl/N-ethyl adjacent to an activating group) is 1. The number of aromatic nitrogens is 1. The van der Waals surface area contributed by atoms with Gasteiger partial charge in [-0.15, -0.1) is 0 Å². The van der Waals surface area contributed by atoms with Crippen molar-refractivity contribution in [1.29, 1.82) is 0 Å². The minimum Gasteiger partial charge on any atom is -0.495 e. The highest BCUT2D eigenvalue weighted by molar-refractivity contribution is 9.10. The average Bonchev–Trinajstić information content (AvgIpc) is 2.62. The number of fused-ring (bicyclic) bond motifs is 1. The van der Waals surface area contributed by atoms with E-state index >= 15 is 0 Å². The molecule has 3 nitrogen and oxygen atoms in total. The van der Waals surface area contributed by atoms with E-state index in [0.717, 1.165) is 39.1 Å². The second-order valence-electron chi connectivity index (χ2n) is 4.15. The predicted molar refractivity (Wildman–Crippen MR) is 79.8 cm³/mol. The van der Waals surface area contributed by atoms with Gasteiger partial charge in [0.05, 0.1) is 17.6 Å². The van der Waals surface area contributed by atoms with Gasteiger partial charge in [0, 0.05) is 35.6 Å². The van der Waals surface area contributed by atoms with Crippen LogP contribution >= 0.6 is 27.5 Å². The summed E-state index contributed by atoms with van der Waals surface area (Å²) in [5.41, 5.74) is 2.24. The SMILES string of the molecule is CNCCc1c(Br)c2c(Cl)ccc(OC)c2n1C. The van der Waals surface area contributed by atoms with Crippen LogP contribution in [0, 0.1) is 0 Å². The fraction of sp³-hybridized carbons (Fsp3) is 0.385. The van der Waals surface area contributed by atoms with E-state index in [0.29, 0.717) is 0 Å². The van der Waals surface area contributed by atoms with Crippen LogP contribution in [-0.4, -0.2) is 25.3 Å². The van der Waals surface area contributed by atoms with Crippen molar-refractivity contribution >= 4 is 38.4 Å². The molecule has 0 aliphatic rings. The van der Waals surface area contributed by atoms with Crippen LogP contribution in [0.25, 0.3) is 10.9 Å². The van der Waals surface area contributed by atoms with Crippen LogP contribution in [0.2, 0.25) is 5.02 Å². The zero-order valence-electron chi connectivity index (χ0n) is 10.7. The number of methoxy groups -OCH3 is 1. The molecular formula is C13H16BrClN2O. The zero-order valence-corrected chi connectivity index (χ0v) is 13.0. The highest BCUT2D eigenvalue weighted by Crippen LogP contribution is 2.40. The Morgan fingerprint density at radius 2 is 2.17 bits per heavy atom. The van der Waals surface area contributed by atoms with Crippen LogP contribution in [0.1, 0.15) is 5.69 Å². The number of ether oxygens (including phenoxy) is 1. The molecule has 18 heavy (non-hydrogen) atoms. The second-order valence-corrected chi connectivity index (χ2v) is 5.35. The van der Waals surface area contributed by atoms with E-state index in [1.54, 1.807) is 7.11 Å². The highest BCUT2D eigenvalue weighted by Gasteiger charge is 2.18. The maximum atomic E-state index is 6.30. The summed E-state index contributed by atoms with van der Waals surface area (Å²) < 4.78 is 8.62. The van der Waals surface area contributed by atoms with Crippen LogP contribution < -0.4 is 10.1 Å². The maximum Gasteiger partial charge on any atom is 0.143 e. The fourth-order valence-electron chi connectivity index (χ4n) is 2.20. The van der Waals surface area contributed by atoms with Crippen LogP contribution in [0.5, 0.6) is 5.75 Å². The lowest BCUT2D eigenvalue weighted by Crippen LogP contribution is -2.12. The number of hydrogen-bond donors (Lipinski definition) is 1. The molecule has 0 saturated carbocycles. The van der Waals surface area contributed by atoms with Gasteiger partial charge in [-0.25, -0.2) is 0 Å². The Hall–Kier alpha value is -0.710. The smallest absolute Gasteiger partial charge is 0.143 e. The van der Waals surface area contributed by atoms with Crippen molar-refractivity contribution in [2.24, 2.45) is 7.05 Å². The number of benzene rings is 1. The molecule has 0 atom stereocenters. The quantitative estimate of drug-likeness (QED) is 0.929. The number of nitrogens with one attached hydrogen (secondary N) is 1. The normalized spacial score (nSPS) is 11.2. The third-order valence-electron chi connectivity index (χ3n) is 3.13. The minimum absolute atomic E-state index is 0.740. The molecular weight excluding hydrogens is 316 g/mol. The molecule has 0 unspecified atom stereocenters. The first-order valence-electron chi connectivity index (χ1n) is 5.75. The molecule has 5 heteroatoms. The van der Waals surface area contributed by atoms with Crippen LogP contribution in [0.4, 0.5) is 0 Å². The van der Waals surface area contributed by atoms with Gasteiger partial charge in [-0.3, -0.25) is 0 Å². The molecule has 0 aliphatic carbocycles. The highest BCUT2D eigenvalue weighted by atomic mass is 79.9. The molecule has 98 valence electrons. The molecule has 1 heterocycles. The van der Waals surface area contributed by atoms with E-state index in [1.165, 1.54) is 5.69 Å². The molecule has 1 aromatic heterocycles. The molecule has 0 fully saturated rings. The monoisotopic (exact) mass is 330 g/mol. The molecule has 0 aliphatic heterocycles. The summed E-state index contributed by atoms with van der Waals surface area (Å²) in [6.45, 7) is 0.919. The summed E-state index contributed by atoms with van der Waals surface area (Å²) in [6.07, 6.45) is 0.932. The molecule has 0 radical (unpaired) electrons. The van der Waals surface area contributed by atoms with Crippen molar-refractivity contribution in [2.75, 3.05) is 20.7 Å². The first kappa shape index (κ1) is 13.7. The summed E-state index contributed by atoms with van der Waals surface area (Å²) in [7, 11) is 5.66. The van der Waals surface area contributed by atoms with Crippen molar-refractivity contribution in [3.63, 3.8) is 0 Å². The Morgan fingerprint density at radius 3 is 2.78 bits per heavy atom. The number of halogens is 2. The largest absolute Gasteiger partial charge is 0.495 e.